The zero-order chi connectivity index (χ0) is 22.2. The summed E-state index contributed by atoms with van der Waals surface area (Å²) < 4.78 is 36.5. The number of ether oxygens (including phenoxy) is 2. The largest absolute Gasteiger partial charge is 0.493 e. The smallest absolute Gasteiger partial charge is 0.269 e. The molecular formula is C19H18Cl2N2O6S. The predicted octanol–water partition coefficient (Wildman–Crippen LogP) is 2.81. The van der Waals surface area contributed by atoms with Crippen molar-refractivity contribution in [1.29, 1.82) is 0 Å². The Balaban J connectivity index is 1.82. The summed E-state index contributed by atoms with van der Waals surface area (Å²) in [6.07, 6.45) is 0. The topological polar surface area (TPSA) is 93.2 Å². The van der Waals surface area contributed by atoms with Gasteiger partial charge in [-0.1, -0.05) is 29.3 Å². The standard InChI is InChI=1S/C19H18Cl2N2O6S/c1-22(9-11-4-5-13(20)14(21)6-11)18(24)10-23-19(25)12-7-15(28-2)16(29-3)8-17(12)30(23,26)27/h4-8H,9-10H2,1-3H3. The summed E-state index contributed by atoms with van der Waals surface area (Å²) in [6, 6.07) is 7.41. The van der Waals surface area contributed by atoms with Gasteiger partial charge in [0.25, 0.3) is 15.9 Å². The first-order valence-electron chi connectivity index (χ1n) is 8.61. The van der Waals surface area contributed by atoms with Gasteiger partial charge in [-0.3, -0.25) is 9.59 Å². The molecule has 1 heterocycles. The predicted molar refractivity (Wildman–Crippen MR) is 111 cm³/mol. The highest BCUT2D eigenvalue weighted by Gasteiger charge is 2.43. The number of halogens is 2. The normalized spacial score (nSPS) is 14.4. The number of sulfonamides is 1. The van der Waals surface area contributed by atoms with Crippen LogP contribution in [-0.2, 0) is 21.4 Å². The third-order valence-electron chi connectivity index (χ3n) is 4.62. The Hall–Kier alpha value is -2.49. The lowest BCUT2D eigenvalue weighted by Crippen LogP contribution is -2.40. The minimum Gasteiger partial charge on any atom is -0.493 e. The number of fused-ring (bicyclic) bond motifs is 1. The summed E-state index contributed by atoms with van der Waals surface area (Å²) in [5.41, 5.74) is 0.626. The molecule has 0 N–H and O–H groups in total. The van der Waals surface area contributed by atoms with Gasteiger partial charge in [0.1, 0.15) is 11.4 Å². The molecule has 1 aliphatic rings. The molecule has 0 spiro atoms. The van der Waals surface area contributed by atoms with Gasteiger partial charge in [-0.15, -0.1) is 0 Å². The van der Waals surface area contributed by atoms with Crippen LogP contribution in [0.5, 0.6) is 11.5 Å². The molecule has 0 aliphatic carbocycles. The van der Waals surface area contributed by atoms with Crippen LogP contribution in [0, 0.1) is 0 Å². The van der Waals surface area contributed by atoms with Gasteiger partial charge in [0.2, 0.25) is 5.91 Å². The molecule has 0 saturated carbocycles. The molecule has 160 valence electrons. The number of benzene rings is 2. The van der Waals surface area contributed by atoms with Gasteiger partial charge >= 0.3 is 0 Å². The van der Waals surface area contributed by atoms with Crippen molar-refractivity contribution in [2.45, 2.75) is 11.4 Å². The Morgan fingerprint density at radius 2 is 1.70 bits per heavy atom. The Labute approximate surface area is 183 Å². The van der Waals surface area contributed by atoms with Gasteiger partial charge < -0.3 is 14.4 Å². The number of methoxy groups -OCH3 is 2. The van der Waals surface area contributed by atoms with Gasteiger partial charge in [-0.05, 0) is 23.8 Å². The monoisotopic (exact) mass is 472 g/mol. The van der Waals surface area contributed by atoms with Crippen LogP contribution in [0.2, 0.25) is 10.0 Å². The van der Waals surface area contributed by atoms with E-state index in [0.717, 1.165) is 0 Å². The van der Waals surface area contributed by atoms with Crippen molar-refractivity contribution in [3.05, 3.63) is 51.5 Å². The number of amides is 2. The summed E-state index contributed by atoms with van der Waals surface area (Å²) in [5, 5.41) is 0.720. The first-order valence-corrected chi connectivity index (χ1v) is 10.8. The van der Waals surface area contributed by atoms with Gasteiger partial charge in [-0.25, -0.2) is 12.7 Å². The number of nitrogens with zero attached hydrogens (tertiary/aromatic N) is 2. The van der Waals surface area contributed by atoms with Gasteiger partial charge in [0, 0.05) is 19.7 Å². The number of likely N-dealkylation sites (N-methyl/N-ethyl adjacent to an activating group) is 1. The summed E-state index contributed by atoms with van der Waals surface area (Å²) in [4.78, 5) is 26.4. The average molecular weight is 473 g/mol. The van der Waals surface area contributed by atoms with Crippen molar-refractivity contribution in [2.75, 3.05) is 27.8 Å². The Bertz CT molecular complexity index is 1140. The van der Waals surface area contributed by atoms with E-state index in [0.29, 0.717) is 19.9 Å². The van der Waals surface area contributed by atoms with Crippen LogP contribution in [0.1, 0.15) is 15.9 Å². The van der Waals surface area contributed by atoms with E-state index in [4.69, 9.17) is 32.7 Å². The van der Waals surface area contributed by atoms with Crippen molar-refractivity contribution in [3.8, 4) is 11.5 Å². The molecule has 0 bridgehead atoms. The number of rotatable bonds is 6. The maximum atomic E-state index is 12.9. The second kappa shape index (κ2) is 8.33. The maximum Gasteiger partial charge on any atom is 0.269 e. The first-order chi connectivity index (χ1) is 14.1. The molecule has 1 aliphatic heterocycles. The molecular weight excluding hydrogens is 455 g/mol. The van der Waals surface area contributed by atoms with Crippen LogP contribution in [0.3, 0.4) is 0 Å². The fraction of sp³-hybridized carbons (Fsp3) is 0.263. The van der Waals surface area contributed by atoms with Crippen molar-refractivity contribution < 1.29 is 27.5 Å². The van der Waals surface area contributed by atoms with Crippen LogP contribution in [-0.4, -0.2) is 57.2 Å². The van der Waals surface area contributed by atoms with E-state index < -0.39 is 28.4 Å². The van der Waals surface area contributed by atoms with Gasteiger partial charge in [0.05, 0.1) is 29.8 Å². The van der Waals surface area contributed by atoms with Crippen molar-refractivity contribution >= 4 is 45.0 Å². The van der Waals surface area contributed by atoms with E-state index in [1.165, 1.54) is 38.3 Å². The Kier molecular flexibility index (Phi) is 6.16. The van der Waals surface area contributed by atoms with Gasteiger partial charge in [-0.2, -0.15) is 0 Å². The third kappa shape index (κ3) is 3.92. The summed E-state index contributed by atoms with van der Waals surface area (Å²) >= 11 is 11.9. The molecule has 0 aromatic heterocycles. The van der Waals surface area contributed by atoms with Crippen LogP contribution < -0.4 is 9.47 Å². The molecule has 2 aromatic rings. The minimum absolute atomic E-state index is 0.0763. The van der Waals surface area contributed by atoms with Crippen LogP contribution in [0.25, 0.3) is 0 Å². The van der Waals surface area contributed by atoms with Crippen LogP contribution >= 0.6 is 23.2 Å². The molecule has 0 saturated heterocycles. The summed E-state index contributed by atoms with van der Waals surface area (Å²) in [7, 11) is 0.0190. The molecule has 0 unspecified atom stereocenters. The van der Waals surface area contributed by atoms with E-state index in [9.17, 15) is 18.0 Å². The molecule has 8 nitrogen and oxygen atoms in total. The summed E-state index contributed by atoms with van der Waals surface area (Å²) in [5.74, 6) is -0.991. The number of carbonyl (C=O) groups is 2. The zero-order valence-electron chi connectivity index (χ0n) is 16.3. The molecule has 0 radical (unpaired) electrons. The lowest BCUT2D eigenvalue weighted by atomic mass is 10.2. The second-order valence-electron chi connectivity index (χ2n) is 6.52. The fourth-order valence-corrected chi connectivity index (χ4v) is 4.84. The zero-order valence-corrected chi connectivity index (χ0v) is 18.6. The Morgan fingerprint density at radius 3 is 2.30 bits per heavy atom. The number of hydrogen-bond donors (Lipinski definition) is 0. The van der Waals surface area contributed by atoms with E-state index in [1.54, 1.807) is 18.2 Å². The second-order valence-corrected chi connectivity index (χ2v) is 9.16. The van der Waals surface area contributed by atoms with Crippen molar-refractivity contribution in [1.82, 2.24) is 9.21 Å². The highest BCUT2D eigenvalue weighted by Crippen LogP contribution is 2.38. The summed E-state index contributed by atoms with van der Waals surface area (Å²) in [6.45, 7) is -0.481. The molecule has 0 atom stereocenters. The van der Waals surface area contributed by atoms with Crippen molar-refractivity contribution in [2.24, 2.45) is 0 Å². The average Bonchev–Trinajstić information content (AvgIpc) is 2.89. The molecule has 2 amide bonds. The lowest BCUT2D eigenvalue weighted by molar-refractivity contribution is -0.130. The highest BCUT2D eigenvalue weighted by molar-refractivity contribution is 7.90. The molecule has 30 heavy (non-hydrogen) atoms. The van der Waals surface area contributed by atoms with E-state index in [2.05, 4.69) is 0 Å². The quantitative estimate of drug-likeness (QED) is 0.641. The number of hydrogen-bond acceptors (Lipinski definition) is 6. The van der Waals surface area contributed by atoms with E-state index in [1.807, 2.05) is 0 Å². The highest BCUT2D eigenvalue weighted by atomic mass is 35.5. The Morgan fingerprint density at radius 1 is 1.07 bits per heavy atom. The van der Waals surface area contributed by atoms with E-state index >= 15 is 0 Å². The molecule has 0 fully saturated rings. The van der Waals surface area contributed by atoms with Crippen molar-refractivity contribution in [3.63, 3.8) is 0 Å². The SMILES string of the molecule is COc1cc2c(cc1OC)S(=O)(=O)N(CC(=O)N(C)Cc1ccc(Cl)c(Cl)c1)C2=O. The lowest BCUT2D eigenvalue weighted by Gasteiger charge is -2.21. The third-order valence-corrected chi connectivity index (χ3v) is 7.13. The van der Waals surface area contributed by atoms with Gasteiger partial charge in [0.15, 0.2) is 11.5 Å². The number of carbonyl (C=O) groups excluding carboxylic acids is 2. The van der Waals surface area contributed by atoms with E-state index in [-0.39, 0.29) is 28.5 Å². The van der Waals surface area contributed by atoms with Crippen LogP contribution in [0.4, 0.5) is 0 Å². The minimum atomic E-state index is -4.20. The maximum absolute atomic E-state index is 12.9. The fourth-order valence-electron chi connectivity index (χ4n) is 3.00. The molecule has 2 aromatic carbocycles. The molecule has 3 rings (SSSR count). The van der Waals surface area contributed by atoms with Crippen LogP contribution in [0.15, 0.2) is 35.2 Å². The molecule has 11 heteroatoms. The first kappa shape index (κ1) is 22.2.